The molecule has 374 valence electrons. The number of ketones is 1. The third-order valence-corrected chi connectivity index (χ3v) is 15.9. The quantitative estimate of drug-likeness (QED) is 0.0490. The molecule has 19 nitrogen and oxygen atoms in total. The van der Waals surface area contributed by atoms with E-state index in [4.69, 9.17) is 33.2 Å². The Labute approximate surface area is 395 Å². The van der Waals surface area contributed by atoms with E-state index in [9.17, 15) is 44.6 Å². The highest BCUT2D eigenvalue weighted by molar-refractivity contribution is 6.26. The number of aliphatic hydroxyl groups excluding tert-OH is 3. The monoisotopic (exact) mass is 954 g/mol. The van der Waals surface area contributed by atoms with Gasteiger partial charge in [0.25, 0.3) is 0 Å². The van der Waals surface area contributed by atoms with Crippen molar-refractivity contribution in [3.05, 3.63) is 68.5 Å². The first-order chi connectivity index (χ1) is 31.9. The summed E-state index contributed by atoms with van der Waals surface area (Å²) in [5, 5.41) is 51.0. The molecule has 1 saturated carbocycles. The van der Waals surface area contributed by atoms with Gasteiger partial charge in [0.2, 0.25) is 11.3 Å². The van der Waals surface area contributed by atoms with Crippen LogP contribution in [0.1, 0.15) is 94.4 Å². The minimum absolute atomic E-state index is 0.0123. The van der Waals surface area contributed by atoms with E-state index in [0.29, 0.717) is 18.3 Å². The molecule has 0 aromatic heterocycles. The Kier molecular flexibility index (Phi) is 14.4. The molecule has 0 radical (unpaired) electrons. The number of fused-ring (bicyclic) bond motifs is 4. The van der Waals surface area contributed by atoms with Crippen LogP contribution in [0.4, 0.5) is 4.79 Å². The van der Waals surface area contributed by atoms with Gasteiger partial charge in [-0.25, -0.2) is 9.59 Å². The number of hydrogen-bond donors (Lipinski definition) is 4. The minimum atomic E-state index is -2.16. The molecule has 3 heterocycles. The van der Waals surface area contributed by atoms with Crippen molar-refractivity contribution in [1.29, 1.82) is 0 Å². The first kappa shape index (κ1) is 51.1. The van der Waals surface area contributed by atoms with Crippen LogP contribution in [0.15, 0.2) is 58.4 Å². The van der Waals surface area contributed by atoms with Gasteiger partial charge in [0.1, 0.15) is 23.7 Å². The first-order valence-corrected chi connectivity index (χ1v) is 23.5. The number of allylic oxidation sites excluding steroid dienone is 3. The van der Waals surface area contributed by atoms with E-state index >= 15 is 4.79 Å². The fraction of sp³-hybridized carbons (Fsp3) is 0.694. The highest BCUT2D eigenvalue weighted by Crippen LogP contribution is 2.61. The fourth-order valence-corrected chi connectivity index (χ4v) is 12.7. The van der Waals surface area contributed by atoms with Crippen LogP contribution < -0.4 is 5.32 Å². The first-order valence-electron chi connectivity index (χ1n) is 23.5. The van der Waals surface area contributed by atoms with Crippen molar-refractivity contribution in [3.8, 4) is 0 Å². The normalized spacial score (nSPS) is 43.9. The molecule has 3 saturated heterocycles. The van der Waals surface area contributed by atoms with E-state index in [-0.39, 0.29) is 36.7 Å². The summed E-state index contributed by atoms with van der Waals surface area (Å²) < 4.78 is 42.0. The van der Waals surface area contributed by atoms with Gasteiger partial charge in [-0.1, -0.05) is 50.6 Å². The van der Waals surface area contributed by atoms with E-state index in [1.807, 2.05) is 45.9 Å². The van der Waals surface area contributed by atoms with Gasteiger partial charge in [0.15, 0.2) is 24.3 Å². The molecule has 2 unspecified atom stereocenters. The summed E-state index contributed by atoms with van der Waals surface area (Å²) in [4.78, 5) is 78.3. The molecule has 1 amide bonds. The number of carbonyl (C=O) groups excluding carboxylic acids is 5. The summed E-state index contributed by atoms with van der Waals surface area (Å²) >= 11 is 0. The summed E-state index contributed by atoms with van der Waals surface area (Å²) in [6.45, 7) is 15.4. The molecule has 4 fully saturated rings. The maximum atomic E-state index is 15.2. The molecule has 7 aliphatic rings. The Morgan fingerprint density at radius 3 is 2.28 bits per heavy atom. The number of nitro groups is 1. The smallest absolute Gasteiger partial charge is 0.407 e. The molecule has 7 rings (SSSR count). The Balaban J connectivity index is 1.33. The highest BCUT2D eigenvalue weighted by atomic mass is 16.7. The van der Waals surface area contributed by atoms with Crippen LogP contribution in [0.5, 0.6) is 0 Å². The van der Waals surface area contributed by atoms with Gasteiger partial charge in [0.05, 0.1) is 56.1 Å². The molecule has 19 atom stereocenters. The van der Waals surface area contributed by atoms with Gasteiger partial charge >= 0.3 is 18.0 Å². The van der Waals surface area contributed by atoms with E-state index in [1.165, 1.54) is 19.9 Å². The molecule has 0 aromatic rings. The van der Waals surface area contributed by atoms with Crippen LogP contribution in [0.25, 0.3) is 0 Å². The zero-order valence-electron chi connectivity index (χ0n) is 40.2. The Bertz CT molecular complexity index is 2210. The van der Waals surface area contributed by atoms with Crippen molar-refractivity contribution >= 4 is 30.1 Å². The van der Waals surface area contributed by atoms with Crippen LogP contribution >= 0.6 is 0 Å². The minimum Gasteiger partial charge on any atom is -0.511 e. The molecule has 2 bridgehead atoms. The number of methoxy groups -OCH3 is 1. The van der Waals surface area contributed by atoms with Crippen molar-refractivity contribution < 1.29 is 77.4 Å². The zero-order chi connectivity index (χ0) is 49.9. The fourth-order valence-electron chi connectivity index (χ4n) is 12.7. The summed E-state index contributed by atoms with van der Waals surface area (Å²) in [5.74, 6) is -6.13. The number of carbonyl (C=O) groups is 5. The Hall–Kier alpha value is -4.79. The number of nitrogens with zero attached hydrogens (tertiary/aromatic N) is 1. The van der Waals surface area contributed by atoms with E-state index in [1.54, 1.807) is 26.8 Å². The van der Waals surface area contributed by atoms with E-state index in [2.05, 4.69) is 5.32 Å². The van der Waals surface area contributed by atoms with Crippen LogP contribution in [0.2, 0.25) is 0 Å². The summed E-state index contributed by atoms with van der Waals surface area (Å²) in [7, 11) is 1.15. The molecular formula is C49H66N2O17. The van der Waals surface area contributed by atoms with Gasteiger partial charge < -0.3 is 53.8 Å². The summed E-state index contributed by atoms with van der Waals surface area (Å²) in [6.07, 6.45) is -0.261. The van der Waals surface area contributed by atoms with E-state index < -0.39 is 148 Å². The zero-order valence-corrected chi connectivity index (χ0v) is 40.2. The average Bonchev–Trinajstić information content (AvgIpc) is 3.50. The van der Waals surface area contributed by atoms with Crippen molar-refractivity contribution in [2.75, 3.05) is 7.11 Å². The van der Waals surface area contributed by atoms with Crippen LogP contribution in [-0.2, 0) is 52.3 Å². The number of aliphatic hydroxyl groups is 3. The van der Waals surface area contributed by atoms with Crippen LogP contribution in [0, 0.1) is 51.0 Å². The maximum Gasteiger partial charge on any atom is 0.407 e. The lowest BCUT2D eigenvalue weighted by molar-refractivity contribution is -0.584. The van der Waals surface area contributed by atoms with Crippen molar-refractivity contribution in [2.45, 2.75) is 167 Å². The molecule has 19 heteroatoms. The lowest BCUT2D eigenvalue weighted by Gasteiger charge is -2.56. The van der Waals surface area contributed by atoms with Gasteiger partial charge in [-0.05, 0) is 75.5 Å². The Morgan fingerprint density at radius 2 is 1.65 bits per heavy atom. The summed E-state index contributed by atoms with van der Waals surface area (Å²) in [5.41, 5.74) is -4.72. The topological polar surface area (TPSA) is 266 Å². The molecule has 68 heavy (non-hydrogen) atoms. The average molecular weight is 955 g/mol. The third kappa shape index (κ3) is 8.87. The van der Waals surface area contributed by atoms with Crippen molar-refractivity contribution in [3.63, 3.8) is 0 Å². The number of aldehydes is 1. The predicted molar refractivity (Wildman–Crippen MR) is 238 cm³/mol. The molecule has 1 spiro atoms. The van der Waals surface area contributed by atoms with Gasteiger partial charge in [0, 0.05) is 48.9 Å². The van der Waals surface area contributed by atoms with Gasteiger partial charge in [-0.3, -0.25) is 24.5 Å². The largest absolute Gasteiger partial charge is 0.511 e. The second-order valence-corrected chi connectivity index (χ2v) is 20.5. The van der Waals surface area contributed by atoms with Gasteiger partial charge in [-0.15, -0.1) is 0 Å². The number of rotatable bonds is 8. The number of ether oxygens (including phenoxy) is 7. The standard InChI is InChI=1S/C49H66N2O17/c1-22-11-14-35(66-37-20-47(8,51(60)61)42(27(6)64-37)50-46(59)62-10)23(2)16-32-33(54)17-29(21-52)19-49(32)44(57)38(45(58)68-49)43(56)48(9)31(22)13-12-30-39(48)24(3)15-25(4)40(30)67-36-18-34(55)41(26(5)63-36)65-28(7)53/h11-13,16-17,21,24-27,30-37,39-42,54-56H,14-15,18-20H2,1-10H3,(H,50,59)/t24-,25-,26-,27+,30-,31-,32+,33-,34+,35-,36-,37-,39+,40?,41-,42-,47-,48+,49?/m0/s1. The highest BCUT2D eigenvalue weighted by Gasteiger charge is 2.65. The van der Waals surface area contributed by atoms with Gasteiger partial charge in [-0.2, -0.15) is 0 Å². The Morgan fingerprint density at radius 1 is 0.956 bits per heavy atom. The third-order valence-electron chi connectivity index (χ3n) is 15.9. The number of alkyl carbamates (subject to hydrolysis) is 1. The lowest BCUT2D eigenvalue weighted by Crippen LogP contribution is -2.65. The number of hydrogen-bond acceptors (Lipinski definition) is 17. The number of amides is 1. The molecule has 3 aliphatic heterocycles. The SMILES string of the molecule is COC(=O)N[C@H]1[C@@H](C)O[C@@H](O[C@H]2CC=C(C)[C@@H]3C=C[C@@H]4C(O[C@H]5C[C@@H](O)[C@@H](OC(C)=O)[C@H](C)O5)[C@@H](C)C[C@H](C)[C@H]4[C@]3(C)C(O)=C3C(=O)OC4(CC(C=O)=C[C@H](O)[C@H]4C=C2C)C3=O)C[C@]1(C)[N+](=O)[O-]. The number of Topliss-reactive ketones (excluding diaryl/α,β-unsaturated/α-hetero) is 1. The number of esters is 2. The summed E-state index contributed by atoms with van der Waals surface area (Å²) in [6, 6.07) is -1.10. The second kappa shape index (κ2) is 19.2. The number of nitrogens with one attached hydrogen (secondary N) is 1. The predicted octanol–water partition coefficient (Wildman–Crippen LogP) is 4.66. The lowest BCUT2D eigenvalue weighted by atomic mass is 9.49. The molecular weight excluding hydrogens is 889 g/mol. The molecule has 4 aliphatic carbocycles. The van der Waals surface area contributed by atoms with E-state index in [0.717, 1.165) is 12.7 Å². The molecule has 0 aromatic carbocycles. The second-order valence-electron chi connectivity index (χ2n) is 20.5. The van der Waals surface area contributed by atoms with Crippen LogP contribution in [-0.4, -0.2) is 130 Å². The molecule has 4 N–H and O–H groups in total. The van der Waals surface area contributed by atoms with Crippen molar-refractivity contribution in [1.82, 2.24) is 5.32 Å². The van der Waals surface area contributed by atoms with Crippen LogP contribution in [0.3, 0.4) is 0 Å². The maximum absolute atomic E-state index is 15.2. The van der Waals surface area contributed by atoms with Crippen molar-refractivity contribution in [2.24, 2.45) is 40.9 Å².